The molecule has 0 unspecified atom stereocenters. The molecule has 0 saturated heterocycles. The summed E-state index contributed by atoms with van der Waals surface area (Å²) in [4.78, 5) is 33.0. The minimum Gasteiger partial charge on any atom is -0.266 e. The van der Waals surface area contributed by atoms with Crippen molar-refractivity contribution in [2.45, 2.75) is 77.8 Å². The molecule has 0 spiro atoms. The van der Waals surface area contributed by atoms with Crippen molar-refractivity contribution in [2.24, 2.45) is 0 Å². The van der Waals surface area contributed by atoms with Gasteiger partial charge in [0.1, 0.15) is 6.04 Å². The molecule has 1 saturated carbocycles. The fraction of sp³-hybridized carbons (Fsp3) is 0.706. The number of hydrogen-bond donors (Lipinski definition) is 1. The Bertz CT molecular complexity index is 860. The third kappa shape index (κ3) is 2.87. The second kappa shape index (κ2) is 6.45. The van der Waals surface area contributed by atoms with Crippen molar-refractivity contribution in [2.75, 3.05) is 0 Å². The van der Waals surface area contributed by atoms with E-state index in [4.69, 9.17) is 0 Å². The van der Waals surface area contributed by atoms with E-state index in [0.29, 0.717) is 17.0 Å². The van der Waals surface area contributed by atoms with Gasteiger partial charge in [0.2, 0.25) is 5.52 Å². The summed E-state index contributed by atoms with van der Waals surface area (Å²) in [5.41, 5.74) is 0.0816. The molecule has 7 heteroatoms. The van der Waals surface area contributed by atoms with Crippen LogP contribution in [-0.4, -0.2) is 19.6 Å². The largest absolute Gasteiger partial charge is 0.416 e. The quantitative estimate of drug-likeness (QED) is 0.871. The standard InChI is InChI=1S/C17H25N5O2/c1-10(2)14-18-13-15(22(20-14)11(3)4)19-17(24)21(16(13)23)12-8-6-5-7-9-12/h10-12H,5-9H2,1-4H3/p+1. The molecule has 0 aliphatic heterocycles. The highest BCUT2D eigenvalue weighted by molar-refractivity contribution is 5.64. The number of rotatable bonds is 3. The summed E-state index contributed by atoms with van der Waals surface area (Å²) in [7, 11) is 0. The smallest absolute Gasteiger partial charge is 0.266 e. The van der Waals surface area contributed by atoms with Gasteiger partial charge in [-0.2, -0.15) is 4.98 Å². The Morgan fingerprint density at radius 3 is 2.38 bits per heavy atom. The molecule has 0 amide bonds. The lowest BCUT2D eigenvalue weighted by atomic mass is 9.95. The Balaban J connectivity index is 2.30. The molecule has 7 nitrogen and oxygen atoms in total. The number of aromatic amines is 1. The SMILES string of the molecule is CC(C)c1nc2c(=O)n(C3CCCCC3)c(=O)[nH]c2[n+](C(C)C)n1. The first kappa shape index (κ1) is 16.8. The number of nitrogens with zero attached hydrogens (tertiary/aromatic N) is 4. The summed E-state index contributed by atoms with van der Waals surface area (Å²) in [6.07, 6.45) is 5.04. The maximum Gasteiger partial charge on any atom is 0.416 e. The van der Waals surface area contributed by atoms with Crippen LogP contribution in [0.15, 0.2) is 9.59 Å². The van der Waals surface area contributed by atoms with Gasteiger partial charge in [-0.25, -0.2) is 14.3 Å². The average molecular weight is 332 g/mol. The van der Waals surface area contributed by atoms with Crippen LogP contribution in [0.5, 0.6) is 0 Å². The number of hydrogen-bond acceptors (Lipinski definition) is 4. The maximum atomic E-state index is 13.0. The molecule has 1 N–H and O–H groups in total. The zero-order chi connectivity index (χ0) is 17.4. The molecule has 130 valence electrons. The highest BCUT2D eigenvalue weighted by atomic mass is 16.2. The van der Waals surface area contributed by atoms with E-state index >= 15 is 0 Å². The van der Waals surface area contributed by atoms with Crippen LogP contribution in [0.1, 0.15) is 83.6 Å². The van der Waals surface area contributed by atoms with Crippen molar-refractivity contribution < 1.29 is 4.68 Å². The van der Waals surface area contributed by atoms with Gasteiger partial charge in [0.25, 0.3) is 5.56 Å². The Hall–Kier alpha value is -2.05. The van der Waals surface area contributed by atoms with E-state index in [-0.39, 0.29) is 29.3 Å². The van der Waals surface area contributed by atoms with Crippen LogP contribution in [0, 0.1) is 0 Å². The molecular formula is C17H26N5O2+. The number of H-pyrrole nitrogens is 1. The lowest BCUT2D eigenvalue weighted by molar-refractivity contribution is -0.750. The van der Waals surface area contributed by atoms with Crippen LogP contribution in [-0.2, 0) is 0 Å². The van der Waals surface area contributed by atoms with E-state index in [0.717, 1.165) is 25.7 Å². The molecule has 24 heavy (non-hydrogen) atoms. The Morgan fingerprint density at radius 1 is 1.12 bits per heavy atom. The van der Waals surface area contributed by atoms with Crippen molar-refractivity contribution >= 4 is 11.2 Å². The molecule has 2 heterocycles. The van der Waals surface area contributed by atoms with Crippen LogP contribution >= 0.6 is 0 Å². The van der Waals surface area contributed by atoms with Crippen LogP contribution < -0.4 is 15.9 Å². The maximum absolute atomic E-state index is 13.0. The second-order valence-corrected chi connectivity index (χ2v) is 7.26. The molecule has 1 aliphatic rings. The summed E-state index contributed by atoms with van der Waals surface area (Å²) in [6.45, 7) is 7.94. The first-order valence-corrected chi connectivity index (χ1v) is 8.88. The third-order valence-corrected chi connectivity index (χ3v) is 4.70. The van der Waals surface area contributed by atoms with Gasteiger partial charge in [-0.1, -0.05) is 38.2 Å². The zero-order valence-corrected chi connectivity index (χ0v) is 14.9. The Kier molecular flexibility index (Phi) is 4.51. The topological polar surface area (TPSA) is 84.5 Å². The van der Waals surface area contributed by atoms with Gasteiger partial charge < -0.3 is 0 Å². The highest BCUT2D eigenvalue weighted by Crippen LogP contribution is 2.25. The van der Waals surface area contributed by atoms with Gasteiger partial charge in [0, 0.05) is 12.0 Å². The van der Waals surface area contributed by atoms with Crippen molar-refractivity contribution in [3.63, 3.8) is 0 Å². The van der Waals surface area contributed by atoms with Gasteiger partial charge >= 0.3 is 11.3 Å². The van der Waals surface area contributed by atoms with Crippen LogP contribution in [0.4, 0.5) is 0 Å². The van der Waals surface area contributed by atoms with Crippen LogP contribution in [0.25, 0.3) is 11.2 Å². The van der Waals surface area contributed by atoms with E-state index in [1.807, 2.05) is 27.7 Å². The van der Waals surface area contributed by atoms with Gasteiger partial charge in [-0.15, -0.1) is 4.68 Å². The highest BCUT2D eigenvalue weighted by Gasteiger charge is 2.27. The molecular weight excluding hydrogens is 306 g/mol. The van der Waals surface area contributed by atoms with E-state index in [1.54, 1.807) is 4.68 Å². The van der Waals surface area contributed by atoms with E-state index in [1.165, 1.54) is 11.0 Å². The third-order valence-electron chi connectivity index (χ3n) is 4.70. The minimum atomic E-state index is -0.352. The van der Waals surface area contributed by atoms with Gasteiger partial charge in [-0.3, -0.25) is 4.79 Å². The van der Waals surface area contributed by atoms with Crippen LogP contribution in [0.3, 0.4) is 0 Å². The zero-order valence-electron chi connectivity index (χ0n) is 14.9. The van der Waals surface area contributed by atoms with Gasteiger partial charge in [0.15, 0.2) is 5.82 Å². The predicted octanol–water partition coefficient (Wildman–Crippen LogP) is 1.98. The van der Waals surface area contributed by atoms with Crippen LogP contribution in [0.2, 0.25) is 0 Å². The second-order valence-electron chi connectivity index (χ2n) is 7.26. The normalized spacial score (nSPS) is 16.4. The fourth-order valence-electron chi connectivity index (χ4n) is 3.38. The van der Waals surface area contributed by atoms with Crippen molar-refractivity contribution in [1.29, 1.82) is 0 Å². The molecule has 0 aromatic carbocycles. The molecule has 1 fully saturated rings. The molecule has 1 aliphatic carbocycles. The monoisotopic (exact) mass is 332 g/mol. The summed E-state index contributed by atoms with van der Waals surface area (Å²) in [5, 5.41) is 4.51. The van der Waals surface area contributed by atoms with Crippen molar-refractivity contribution in [1.82, 2.24) is 19.6 Å². The predicted molar refractivity (Wildman–Crippen MR) is 91.2 cm³/mol. The van der Waals surface area contributed by atoms with E-state index in [2.05, 4.69) is 15.1 Å². The average Bonchev–Trinajstić information content (AvgIpc) is 2.54. The summed E-state index contributed by atoms with van der Waals surface area (Å²) in [5.74, 6) is 0.726. The lowest BCUT2D eigenvalue weighted by Crippen LogP contribution is -2.48. The first-order chi connectivity index (χ1) is 11.4. The van der Waals surface area contributed by atoms with Crippen molar-refractivity contribution in [3.05, 3.63) is 26.7 Å². The number of fused-ring (bicyclic) bond motifs is 1. The van der Waals surface area contributed by atoms with Gasteiger partial charge in [0.05, 0.1) is 0 Å². The number of nitrogens with one attached hydrogen (secondary N) is 1. The number of aromatic nitrogens is 5. The van der Waals surface area contributed by atoms with Crippen molar-refractivity contribution in [3.8, 4) is 0 Å². The molecule has 3 rings (SSSR count). The molecule has 0 atom stereocenters. The first-order valence-electron chi connectivity index (χ1n) is 8.88. The molecule has 0 radical (unpaired) electrons. The summed E-state index contributed by atoms with van der Waals surface area (Å²) in [6, 6.07) is -0.00190. The Labute approximate surface area is 140 Å². The fourth-order valence-corrected chi connectivity index (χ4v) is 3.38. The molecule has 2 aromatic heterocycles. The van der Waals surface area contributed by atoms with Gasteiger partial charge in [-0.05, 0) is 26.7 Å². The summed E-state index contributed by atoms with van der Waals surface area (Å²) < 4.78 is 3.08. The minimum absolute atomic E-state index is 0.0218. The lowest BCUT2D eigenvalue weighted by Gasteiger charge is -2.22. The Morgan fingerprint density at radius 2 is 1.79 bits per heavy atom. The van der Waals surface area contributed by atoms with E-state index < -0.39 is 0 Å². The molecule has 0 bridgehead atoms. The molecule has 2 aromatic rings. The summed E-state index contributed by atoms with van der Waals surface area (Å²) >= 11 is 0. The van der Waals surface area contributed by atoms with E-state index in [9.17, 15) is 9.59 Å².